The zero-order valence-electron chi connectivity index (χ0n) is 19.1. The largest absolute Gasteiger partial charge is 0.325 e. The van der Waals surface area contributed by atoms with Gasteiger partial charge in [0.1, 0.15) is 0 Å². The van der Waals surface area contributed by atoms with Crippen LogP contribution in [0.4, 0.5) is 5.69 Å². The molecule has 0 saturated heterocycles. The first-order chi connectivity index (χ1) is 16.0. The van der Waals surface area contributed by atoms with Gasteiger partial charge in [-0.2, -0.15) is 0 Å². The summed E-state index contributed by atoms with van der Waals surface area (Å²) in [5, 5.41) is 4.14. The quantitative estimate of drug-likeness (QED) is 0.292. The molecule has 1 amide bonds. The third-order valence-corrected chi connectivity index (χ3v) is 6.57. The molecule has 0 aliphatic rings. The summed E-state index contributed by atoms with van der Waals surface area (Å²) in [4.78, 5) is 31.0. The fourth-order valence-corrected chi connectivity index (χ4v) is 4.65. The molecule has 0 atom stereocenters. The average Bonchev–Trinajstić information content (AvgIpc) is 2.84. The van der Waals surface area contributed by atoms with Crippen LogP contribution in [0.5, 0.6) is 0 Å². The number of para-hydroxylation sites is 2. The topological polar surface area (TPSA) is 64.0 Å². The maximum Gasteiger partial charge on any atom is 0.266 e. The summed E-state index contributed by atoms with van der Waals surface area (Å²) in [5.74, 6) is 0.0335. The number of nitrogens with zero attached hydrogens (tertiary/aromatic N) is 2. The smallest absolute Gasteiger partial charge is 0.266 e. The van der Waals surface area contributed by atoms with Crippen LogP contribution in [0.1, 0.15) is 30.5 Å². The Bertz CT molecular complexity index is 1340. The highest BCUT2D eigenvalue weighted by Gasteiger charge is 2.16. The van der Waals surface area contributed by atoms with E-state index in [0.717, 1.165) is 40.9 Å². The Kier molecular flexibility index (Phi) is 6.94. The van der Waals surface area contributed by atoms with Gasteiger partial charge < -0.3 is 5.32 Å². The van der Waals surface area contributed by atoms with Gasteiger partial charge in [0, 0.05) is 5.69 Å². The molecule has 0 aliphatic heterocycles. The fourth-order valence-electron chi connectivity index (χ4n) is 3.84. The third-order valence-electron chi connectivity index (χ3n) is 5.63. The van der Waals surface area contributed by atoms with Gasteiger partial charge in [-0.15, -0.1) is 0 Å². The molecule has 1 N–H and O–H groups in total. The number of benzene rings is 3. The summed E-state index contributed by atoms with van der Waals surface area (Å²) in [7, 11) is 0. The number of hydrogen-bond donors (Lipinski definition) is 1. The first-order valence-electron chi connectivity index (χ1n) is 11.1. The lowest BCUT2D eigenvalue weighted by molar-refractivity contribution is -0.113. The van der Waals surface area contributed by atoms with Gasteiger partial charge in [-0.25, -0.2) is 4.98 Å². The van der Waals surface area contributed by atoms with Crippen molar-refractivity contribution in [3.05, 3.63) is 93.8 Å². The zero-order valence-corrected chi connectivity index (χ0v) is 19.9. The number of amides is 1. The first-order valence-corrected chi connectivity index (χ1v) is 12.1. The van der Waals surface area contributed by atoms with E-state index in [4.69, 9.17) is 4.98 Å². The van der Waals surface area contributed by atoms with Crippen molar-refractivity contribution in [1.29, 1.82) is 0 Å². The number of aromatic nitrogens is 2. The molecule has 0 radical (unpaired) electrons. The lowest BCUT2D eigenvalue weighted by Crippen LogP contribution is -2.23. The van der Waals surface area contributed by atoms with Crippen molar-refractivity contribution in [2.45, 2.75) is 38.8 Å². The molecule has 0 spiro atoms. The van der Waals surface area contributed by atoms with E-state index < -0.39 is 0 Å². The zero-order chi connectivity index (χ0) is 23.4. The predicted molar refractivity (Wildman–Crippen MR) is 137 cm³/mol. The molecule has 1 aromatic heterocycles. The van der Waals surface area contributed by atoms with Crippen LogP contribution >= 0.6 is 11.8 Å². The van der Waals surface area contributed by atoms with Gasteiger partial charge in [0.15, 0.2) is 5.16 Å². The van der Waals surface area contributed by atoms with E-state index in [-0.39, 0.29) is 17.2 Å². The van der Waals surface area contributed by atoms with Crippen LogP contribution in [-0.2, 0) is 17.6 Å². The maximum atomic E-state index is 13.3. The lowest BCUT2D eigenvalue weighted by Gasteiger charge is -2.15. The van der Waals surface area contributed by atoms with E-state index >= 15 is 0 Å². The molecular formula is C27H27N3O2S. The molecule has 1 heterocycles. The highest BCUT2D eigenvalue weighted by atomic mass is 32.2. The standard InChI is InChI=1S/C27H27N3O2S/c1-4-19-9-8-10-20(5-2)25(19)29-24(31)17-33-27-28-23-12-7-6-11-22(23)26(32)30(27)21-15-13-18(3)14-16-21/h6-16H,4-5,17H2,1-3H3,(H,29,31). The van der Waals surface area contributed by atoms with Crippen LogP contribution in [0.15, 0.2) is 76.7 Å². The van der Waals surface area contributed by atoms with E-state index in [1.807, 2.05) is 67.6 Å². The SMILES string of the molecule is CCc1cccc(CC)c1NC(=O)CSc1nc2ccccc2c(=O)n1-c1ccc(C)cc1. The van der Waals surface area contributed by atoms with Gasteiger partial charge in [-0.3, -0.25) is 14.2 Å². The van der Waals surface area contributed by atoms with E-state index in [9.17, 15) is 9.59 Å². The van der Waals surface area contributed by atoms with E-state index in [2.05, 4.69) is 19.2 Å². The number of anilines is 1. The van der Waals surface area contributed by atoms with Crippen LogP contribution in [0.3, 0.4) is 0 Å². The minimum atomic E-state index is -0.142. The minimum absolute atomic E-state index is 0.117. The van der Waals surface area contributed by atoms with Gasteiger partial charge >= 0.3 is 0 Å². The second kappa shape index (κ2) is 10.0. The Hall–Kier alpha value is -3.38. The Labute approximate surface area is 197 Å². The number of rotatable bonds is 7. The Morgan fingerprint density at radius 1 is 0.939 bits per heavy atom. The number of carbonyl (C=O) groups is 1. The molecule has 168 valence electrons. The summed E-state index contributed by atoms with van der Waals surface area (Å²) in [6.07, 6.45) is 1.69. The maximum absolute atomic E-state index is 13.3. The Balaban J connectivity index is 1.66. The van der Waals surface area contributed by atoms with Crippen molar-refractivity contribution in [3.63, 3.8) is 0 Å². The van der Waals surface area contributed by atoms with Gasteiger partial charge in [0.25, 0.3) is 5.56 Å². The minimum Gasteiger partial charge on any atom is -0.325 e. The van der Waals surface area contributed by atoms with Crippen LogP contribution in [0.25, 0.3) is 16.6 Å². The van der Waals surface area contributed by atoms with Gasteiger partial charge in [0.05, 0.1) is 22.3 Å². The normalized spacial score (nSPS) is 11.0. The van der Waals surface area contributed by atoms with Crippen LogP contribution in [-0.4, -0.2) is 21.2 Å². The Morgan fingerprint density at radius 2 is 1.61 bits per heavy atom. The lowest BCUT2D eigenvalue weighted by atomic mass is 10.0. The highest BCUT2D eigenvalue weighted by Crippen LogP contribution is 2.25. The van der Waals surface area contributed by atoms with E-state index in [1.165, 1.54) is 11.8 Å². The average molecular weight is 458 g/mol. The van der Waals surface area contributed by atoms with E-state index in [0.29, 0.717) is 16.1 Å². The second-order valence-electron chi connectivity index (χ2n) is 7.88. The fraction of sp³-hybridized carbons (Fsp3) is 0.222. The molecule has 0 bridgehead atoms. The third kappa shape index (κ3) is 4.86. The summed E-state index contributed by atoms with van der Waals surface area (Å²) in [5.41, 5.74) is 5.46. The number of aryl methyl sites for hydroxylation is 3. The van der Waals surface area contributed by atoms with Gasteiger partial charge in [-0.1, -0.05) is 73.6 Å². The summed E-state index contributed by atoms with van der Waals surface area (Å²) in [6.45, 7) is 6.17. The molecule has 0 saturated carbocycles. The molecule has 3 aromatic carbocycles. The van der Waals surface area contributed by atoms with Gasteiger partial charge in [0.2, 0.25) is 5.91 Å². The van der Waals surface area contributed by atoms with Crippen molar-refractivity contribution in [3.8, 4) is 5.69 Å². The molecule has 0 aliphatic carbocycles. The number of carbonyl (C=O) groups excluding carboxylic acids is 1. The summed E-state index contributed by atoms with van der Waals surface area (Å²) >= 11 is 1.27. The first kappa shape index (κ1) is 22.8. The van der Waals surface area contributed by atoms with Crippen molar-refractivity contribution < 1.29 is 4.79 Å². The number of fused-ring (bicyclic) bond motifs is 1. The molecule has 4 rings (SSSR count). The molecule has 33 heavy (non-hydrogen) atoms. The predicted octanol–water partition coefficient (Wildman–Crippen LogP) is 5.55. The molecule has 5 nitrogen and oxygen atoms in total. The van der Waals surface area contributed by atoms with E-state index in [1.54, 1.807) is 10.6 Å². The number of hydrogen-bond acceptors (Lipinski definition) is 4. The molecule has 6 heteroatoms. The summed E-state index contributed by atoms with van der Waals surface area (Å²) < 4.78 is 1.59. The van der Waals surface area contributed by atoms with Crippen LogP contribution in [0.2, 0.25) is 0 Å². The molecule has 0 fully saturated rings. The van der Waals surface area contributed by atoms with Crippen LogP contribution in [0, 0.1) is 6.92 Å². The summed E-state index contributed by atoms with van der Waals surface area (Å²) in [6, 6.07) is 21.2. The Morgan fingerprint density at radius 3 is 2.27 bits per heavy atom. The molecule has 0 unspecified atom stereocenters. The molecule has 4 aromatic rings. The van der Waals surface area contributed by atoms with Crippen molar-refractivity contribution in [1.82, 2.24) is 9.55 Å². The number of thioether (sulfide) groups is 1. The van der Waals surface area contributed by atoms with Gasteiger partial charge in [-0.05, 0) is 55.2 Å². The molecular weight excluding hydrogens is 430 g/mol. The monoisotopic (exact) mass is 457 g/mol. The number of nitrogens with one attached hydrogen (secondary N) is 1. The van der Waals surface area contributed by atoms with Crippen molar-refractivity contribution in [2.75, 3.05) is 11.1 Å². The van der Waals surface area contributed by atoms with Crippen molar-refractivity contribution >= 4 is 34.3 Å². The van der Waals surface area contributed by atoms with Crippen LogP contribution < -0.4 is 10.9 Å². The second-order valence-corrected chi connectivity index (χ2v) is 8.83. The highest BCUT2D eigenvalue weighted by molar-refractivity contribution is 7.99. The van der Waals surface area contributed by atoms with Crippen molar-refractivity contribution in [2.24, 2.45) is 0 Å².